The van der Waals surface area contributed by atoms with E-state index in [1.54, 1.807) is 0 Å². The smallest absolute Gasteiger partial charge is 0.0998 e. The number of aryl methyl sites for hydroxylation is 1. The van der Waals surface area contributed by atoms with Gasteiger partial charge in [0.1, 0.15) is 0 Å². The average molecular weight is 650 g/mol. The molecule has 0 spiro atoms. The maximum Gasteiger partial charge on any atom is 0.0998 e. The van der Waals surface area contributed by atoms with Crippen LogP contribution in [0.3, 0.4) is 0 Å². The molecule has 5 nitrogen and oxygen atoms in total. The van der Waals surface area contributed by atoms with Gasteiger partial charge in [-0.25, -0.2) is 0 Å². The molecule has 9 aromatic rings. The Morgan fingerprint density at radius 1 is 0.451 bits per heavy atom. The third-order valence-electron chi connectivity index (χ3n) is 10.0. The lowest BCUT2D eigenvalue weighted by Crippen LogP contribution is -2.00. The molecule has 0 saturated carbocycles. The maximum atomic E-state index is 10.4. The van der Waals surface area contributed by atoms with Crippen molar-refractivity contribution in [2.24, 2.45) is 0 Å². The second-order valence-electron chi connectivity index (χ2n) is 12.7. The molecule has 7 aromatic carbocycles. The van der Waals surface area contributed by atoms with Gasteiger partial charge in [-0.15, -0.1) is 0 Å². The fraction of sp³-hybridized carbons (Fsp3) is 0.0217. The van der Waals surface area contributed by atoms with Gasteiger partial charge in [-0.05, 0) is 95.9 Å². The minimum Gasteiger partial charge on any atom is -0.309 e. The number of hydrogen-bond donors (Lipinski definition) is 0. The number of rotatable bonds is 4. The van der Waals surface area contributed by atoms with Crippen LogP contribution in [0.15, 0.2) is 146 Å². The second-order valence-corrected chi connectivity index (χ2v) is 12.7. The molecule has 236 valence electrons. The standard InChI is InChI=1S/C46H27N5/c1-29-34(27-48)20-21-39-37-14-2-4-16-41(37)50(46(29)39)36-13-7-10-32(25-36)31-9-6-11-33(24-31)45-35(28-49)12-8-18-44(45)51-42-17-5-3-15-38(42)40-23-30(26-47)19-22-43(40)51/h2-25H,1H3. The van der Waals surface area contributed by atoms with E-state index in [4.69, 9.17) is 0 Å². The largest absolute Gasteiger partial charge is 0.309 e. The highest BCUT2D eigenvalue weighted by molar-refractivity contribution is 6.11. The van der Waals surface area contributed by atoms with Crippen LogP contribution >= 0.6 is 0 Å². The van der Waals surface area contributed by atoms with Crippen molar-refractivity contribution < 1.29 is 0 Å². The van der Waals surface area contributed by atoms with Crippen molar-refractivity contribution in [1.82, 2.24) is 9.13 Å². The third kappa shape index (κ3) is 4.53. The van der Waals surface area contributed by atoms with Gasteiger partial charge >= 0.3 is 0 Å². The summed E-state index contributed by atoms with van der Waals surface area (Å²) >= 11 is 0. The van der Waals surface area contributed by atoms with Gasteiger partial charge in [-0.3, -0.25) is 0 Å². The zero-order chi connectivity index (χ0) is 34.6. The Bertz CT molecular complexity index is 3030. The minimum absolute atomic E-state index is 0.576. The Morgan fingerprint density at radius 2 is 1.10 bits per heavy atom. The summed E-state index contributed by atoms with van der Waals surface area (Å²) in [6.07, 6.45) is 0. The summed E-state index contributed by atoms with van der Waals surface area (Å²) < 4.78 is 4.46. The zero-order valence-corrected chi connectivity index (χ0v) is 27.6. The van der Waals surface area contributed by atoms with E-state index in [-0.39, 0.29) is 0 Å². The topological polar surface area (TPSA) is 81.2 Å². The molecule has 0 N–H and O–H groups in total. The van der Waals surface area contributed by atoms with Gasteiger partial charge in [0.15, 0.2) is 0 Å². The molecule has 0 atom stereocenters. The van der Waals surface area contributed by atoms with E-state index in [2.05, 4.69) is 118 Å². The molecule has 0 saturated heterocycles. The Balaban J connectivity index is 1.24. The SMILES string of the molecule is Cc1c(C#N)ccc2c3ccccc3n(-c3cccc(-c4cccc(-c5c(C#N)cccc5-n5c6ccccc6c6cc(C#N)ccc65)c4)c3)c12. The Kier molecular flexibility index (Phi) is 6.78. The molecule has 5 heteroatoms. The number of hydrogen-bond acceptors (Lipinski definition) is 3. The first-order valence-electron chi connectivity index (χ1n) is 16.7. The van der Waals surface area contributed by atoms with Crippen LogP contribution in [0.2, 0.25) is 0 Å². The lowest BCUT2D eigenvalue weighted by atomic mass is 9.94. The van der Waals surface area contributed by atoms with Crippen molar-refractivity contribution >= 4 is 43.6 Å². The molecule has 0 aliphatic rings. The van der Waals surface area contributed by atoms with Crippen LogP contribution in [0.4, 0.5) is 0 Å². The quantitative estimate of drug-likeness (QED) is 0.190. The lowest BCUT2D eigenvalue weighted by molar-refractivity contribution is 1.17. The first-order valence-corrected chi connectivity index (χ1v) is 16.7. The van der Waals surface area contributed by atoms with Crippen LogP contribution in [0.5, 0.6) is 0 Å². The minimum atomic E-state index is 0.576. The first-order chi connectivity index (χ1) is 25.1. The van der Waals surface area contributed by atoms with Gasteiger partial charge in [-0.2, -0.15) is 15.8 Å². The summed E-state index contributed by atoms with van der Waals surface area (Å²) in [5.41, 5.74) is 12.6. The predicted octanol–water partition coefficient (Wildman–Crippen LogP) is 11.1. The van der Waals surface area contributed by atoms with E-state index in [0.29, 0.717) is 16.7 Å². The van der Waals surface area contributed by atoms with Crippen molar-refractivity contribution in [1.29, 1.82) is 15.8 Å². The fourth-order valence-corrected chi connectivity index (χ4v) is 7.72. The third-order valence-corrected chi connectivity index (χ3v) is 10.0. The van der Waals surface area contributed by atoms with E-state index in [0.717, 1.165) is 82.8 Å². The molecule has 0 fully saturated rings. The molecule has 9 rings (SSSR count). The summed E-state index contributed by atoms with van der Waals surface area (Å²) in [6, 6.07) is 56.1. The van der Waals surface area contributed by atoms with Crippen LogP contribution in [0, 0.1) is 40.9 Å². The average Bonchev–Trinajstić information content (AvgIpc) is 3.71. The lowest BCUT2D eigenvalue weighted by Gasteiger charge is -2.17. The van der Waals surface area contributed by atoms with Gasteiger partial charge in [0, 0.05) is 32.8 Å². The van der Waals surface area contributed by atoms with Crippen molar-refractivity contribution in [2.45, 2.75) is 6.92 Å². The molecule has 2 heterocycles. The number of aromatic nitrogens is 2. The highest BCUT2D eigenvalue weighted by Gasteiger charge is 2.20. The fourth-order valence-electron chi connectivity index (χ4n) is 7.72. The van der Waals surface area contributed by atoms with E-state index >= 15 is 0 Å². The van der Waals surface area contributed by atoms with Crippen molar-refractivity contribution in [3.63, 3.8) is 0 Å². The van der Waals surface area contributed by atoms with Crippen molar-refractivity contribution in [3.05, 3.63) is 168 Å². The summed E-state index contributed by atoms with van der Waals surface area (Å²) in [5.74, 6) is 0. The monoisotopic (exact) mass is 649 g/mol. The molecule has 51 heavy (non-hydrogen) atoms. The number of para-hydroxylation sites is 2. The Morgan fingerprint density at radius 3 is 1.86 bits per heavy atom. The number of fused-ring (bicyclic) bond motifs is 6. The summed E-state index contributed by atoms with van der Waals surface area (Å²) in [7, 11) is 0. The maximum absolute atomic E-state index is 10.4. The Hall–Kier alpha value is -7.39. The highest BCUT2D eigenvalue weighted by atomic mass is 15.0. The highest BCUT2D eigenvalue weighted by Crippen LogP contribution is 2.40. The molecule has 0 radical (unpaired) electrons. The van der Waals surface area contributed by atoms with Crippen LogP contribution in [0.1, 0.15) is 22.3 Å². The van der Waals surface area contributed by atoms with Crippen LogP contribution in [0.25, 0.3) is 77.2 Å². The molecule has 2 aromatic heterocycles. The molecule has 0 amide bonds. The van der Waals surface area contributed by atoms with E-state index in [1.165, 1.54) is 0 Å². The summed E-state index contributed by atoms with van der Waals surface area (Å²) in [4.78, 5) is 0. The summed E-state index contributed by atoms with van der Waals surface area (Å²) in [5, 5.41) is 34.3. The van der Waals surface area contributed by atoms with Gasteiger partial charge in [-0.1, -0.05) is 78.9 Å². The van der Waals surface area contributed by atoms with Crippen LogP contribution in [-0.4, -0.2) is 9.13 Å². The van der Waals surface area contributed by atoms with Crippen molar-refractivity contribution in [2.75, 3.05) is 0 Å². The van der Waals surface area contributed by atoms with E-state index < -0.39 is 0 Å². The van der Waals surface area contributed by atoms with Crippen molar-refractivity contribution in [3.8, 4) is 51.8 Å². The number of nitrogens with zero attached hydrogens (tertiary/aromatic N) is 5. The number of nitriles is 3. The van der Waals surface area contributed by atoms with Crippen LogP contribution in [-0.2, 0) is 0 Å². The van der Waals surface area contributed by atoms with E-state index in [9.17, 15) is 15.8 Å². The first kappa shape index (κ1) is 29.7. The normalized spacial score (nSPS) is 11.2. The molecular formula is C46H27N5. The van der Waals surface area contributed by atoms with Gasteiger partial charge in [0.05, 0.1) is 62.7 Å². The number of benzene rings is 7. The Labute approximate surface area is 294 Å². The second kappa shape index (κ2) is 11.6. The zero-order valence-electron chi connectivity index (χ0n) is 27.6. The van der Waals surface area contributed by atoms with E-state index in [1.807, 2.05) is 61.5 Å². The molecule has 0 aliphatic heterocycles. The van der Waals surface area contributed by atoms with Gasteiger partial charge in [0.2, 0.25) is 0 Å². The molecular weight excluding hydrogens is 623 g/mol. The molecule has 0 aliphatic carbocycles. The van der Waals surface area contributed by atoms with Gasteiger partial charge in [0.25, 0.3) is 0 Å². The van der Waals surface area contributed by atoms with Crippen LogP contribution < -0.4 is 0 Å². The summed E-state index contributed by atoms with van der Waals surface area (Å²) in [6.45, 7) is 2.02. The molecule has 0 unspecified atom stereocenters. The molecule has 0 bridgehead atoms. The predicted molar refractivity (Wildman–Crippen MR) is 205 cm³/mol. The van der Waals surface area contributed by atoms with Gasteiger partial charge < -0.3 is 9.13 Å².